The van der Waals surface area contributed by atoms with Gasteiger partial charge in [-0.05, 0) is 20.3 Å². The summed E-state index contributed by atoms with van der Waals surface area (Å²) < 4.78 is 10.8. The first kappa shape index (κ1) is 15.9. The van der Waals surface area contributed by atoms with Crippen LogP contribution < -0.4 is 10.6 Å². The van der Waals surface area contributed by atoms with E-state index >= 15 is 0 Å². The Labute approximate surface area is 104 Å². The fraction of sp³-hybridized carbons (Fsp3) is 0.800. The molecule has 0 saturated heterocycles. The molecule has 0 radical (unpaired) electrons. The molecule has 1 unspecified atom stereocenters. The zero-order valence-electron chi connectivity index (χ0n) is 10.4. The van der Waals surface area contributed by atoms with E-state index in [2.05, 4.69) is 10.6 Å². The van der Waals surface area contributed by atoms with Gasteiger partial charge in [0.2, 0.25) is 0 Å². The number of hydrogen-bond acceptors (Lipinski definition) is 3. The molecule has 6 nitrogen and oxygen atoms in total. The number of carboxylic acids is 1. The Bertz CT molecular complexity index is 305. The molecule has 0 aliphatic rings. The maximum atomic E-state index is 11.4. The quantitative estimate of drug-likeness (QED) is 0.616. The van der Waals surface area contributed by atoms with Gasteiger partial charge in [0, 0.05) is 41.3 Å². The molecule has 0 heterocycles. The zero-order valence-corrected chi connectivity index (χ0v) is 11.2. The molecule has 7 heteroatoms. The van der Waals surface area contributed by atoms with Crippen LogP contribution in [0.25, 0.3) is 0 Å². The summed E-state index contributed by atoms with van der Waals surface area (Å²) in [7, 11) is -0.935. The fourth-order valence-corrected chi connectivity index (χ4v) is 1.53. The van der Waals surface area contributed by atoms with E-state index in [4.69, 9.17) is 5.11 Å². The van der Waals surface area contributed by atoms with Crippen LogP contribution in [0.15, 0.2) is 0 Å². The highest BCUT2D eigenvalue weighted by Crippen LogP contribution is 2.10. The van der Waals surface area contributed by atoms with E-state index in [0.29, 0.717) is 18.7 Å². The first-order valence-electron chi connectivity index (χ1n) is 5.31. The summed E-state index contributed by atoms with van der Waals surface area (Å²) in [6.07, 6.45) is 1.93. The van der Waals surface area contributed by atoms with Crippen LogP contribution >= 0.6 is 0 Å². The van der Waals surface area contributed by atoms with Crippen molar-refractivity contribution in [3.63, 3.8) is 0 Å². The van der Waals surface area contributed by atoms with Crippen LogP contribution in [0.1, 0.15) is 26.7 Å². The molecule has 0 bridgehead atoms. The number of carbonyl (C=O) groups excluding carboxylic acids is 1. The highest BCUT2D eigenvalue weighted by atomic mass is 32.2. The minimum Gasteiger partial charge on any atom is -0.481 e. The largest absolute Gasteiger partial charge is 0.481 e. The van der Waals surface area contributed by atoms with Crippen LogP contribution in [-0.2, 0) is 15.6 Å². The number of nitrogens with one attached hydrogen (secondary N) is 2. The van der Waals surface area contributed by atoms with E-state index in [1.807, 2.05) is 0 Å². The van der Waals surface area contributed by atoms with Crippen LogP contribution in [0.5, 0.6) is 0 Å². The lowest BCUT2D eigenvalue weighted by Crippen LogP contribution is -2.49. The van der Waals surface area contributed by atoms with Gasteiger partial charge in [0.15, 0.2) is 0 Å². The summed E-state index contributed by atoms with van der Waals surface area (Å²) in [4.78, 5) is 21.8. The molecule has 0 rings (SSSR count). The molecule has 2 amide bonds. The molecular weight excluding hydrogens is 244 g/mol. The maximum absolute atomic E-state index is 11.4. The van der Waals surface area contributed by atoms with Crippen molar-refractivity contribution in [1.82, 2.24) is 10.6 Å². The Morgan fingerprint density at radius 2 is 1.94 bits per heavy atom. The standard InChI is InChI=1S/C10H20N2O4S/c1-10(2,5-4-8(13)14)12-9(15)11-6-7-17(3)16/h4-7H2,1-3H3,(H,13,14)(H2,11,12,15). The molecule has 1 atom stereocenters. The second kappa shape index (κ2) is 7.26. The molecule has 0 aliphatic carbocycles. The zero-order chi connectivity index (χ0) is 13.5. The van der Waals surface area contributed by atoms with Gasteiger partial charge in [-0.15, -0.1) is 0 Å². The normalized spacial score (nSPS) is 12.9. The van der Waals surface area contributed by atoms with E-state index in [1.54, 1.807) is 20.1 Å². The second-order valence-corrected chi connectivity index (χ2v) is 5.99. The van der Waals surface area contributed by atoms with Crippen LogP contribution in [0.2, 0.25) is 0 Å². The predicted octanol–water partition coefficient (Wildman–Crippen LogP) is 0.307. The molecule has 0 aromatic carbocycles. The summed E-state index contributed by atoms with van der Waals surface area (Å²) >= 11 is 0. The first-order valence-corrected chi connectivity index (χ1v) is 7.03. The van der Waals surface area contributed by atoms with E-state index in [0.717, 1.165) is 0 Å². The van der Waals surface area contributed by atoms with Crippen LogP contribution in [0, 0.1) is 0 Å². The first-order chi connectivity index (χ1) is 7.73. The molecule has 0 spiro atoms. The van der Waals surface area contributed by atoms with Gasteiger partial charge in [-0.1, -0.05) is 0 Å². The lowest BCUT2D eigenvalue weighted by Gasteiger charge is -2.25. The Balaban J connectivity index is 3.91. The highest BCUT2D eigenvalue weighted by Gasteiger charge is 2.21. The lowest BCUT2D eigenvalue weighted by molar-refractivity contribution is -0.137. The number of hydrogen-bond donors (Lipinski definition) is 3. The SMILES string of the molecule is CS(=O)CCNC(=O)NC(C)(C)CCC(=O)O. The predicted molar refractivity (Wildman–Crippen MR) is 66.4 cm³/mol. The maximum Gasteiger partial charge on any atom is 0.315 e. The number of rotatable bonds is 7. The van der Waals surface area contributed by atoms with Gasteiger partial charge in [0.05, 0.1) is 0 Å². The highest BCUT2D eigenvalue weighted by molar-refractivity contribution is 7.84. The smallest absolute Gasteiger partial charge is 0.315 e. The third kappa shape index (κ3) is 9.80. The molecular formula is C10H20N2O4S. The van der Waals surface area contributed by atoms with Gasteiger partial charge >= 0.3 is 12.0 Å². The lowest BCUT2D eigenvalue weighted by atomic mass is 9.99. The van der Waals surface area contributed by atoms with E-state index in [1.165, 1.54) is 0 Å². The van der Waals surface area contributed by atoms with E-state index in [9.17, 15) is 13.8 Å². The molecule has 3 N–H and O–H groups in total. The van der Waals surface area contributed by atoms with Gasteiger partial charge in [0.25, 0.3) is 0 Å². The van der Waals surface area contributed by atoms with Crippen molar-refractivity contribution >= 4 is 22.8 Å². The third-order valence-corrected chi connectivity index (χ3v) is 2.87. The molecule has 100 valence electrons. The Hall–Kier alpha value is -1.11. The second-order valence-electron chi connectivity index (χ2n) is 4.44. The topological polar surface area (TPSA) is 95.5 Å². The number of urea groups is 1. The summed E-state index contributed by atoms with van der Waals surface area (Å²) in [5.74, 6) is -0.482. The molecule has 0 saturated carbocycles. The fourth-order valence-electron chi connectivity index (χ4n) is 1.14. The van der Waals surface area contributed by atoms with E-state index in [-0.39, 0.29) is 12.5 Å². The van der Waals surface area contributed by atoms with Gasteiger partial charge in [-0.25, -0.2) is 4.79 Å². The van der Waals surface area contributed by atoms with Crippen molar-refractivity contribution in [2.24, 2.45) is 0 Å². The molecule has 0 aliphatic heterocycles. The van der Waals surface area contributed by atoms with Crippen molar-refractivity contribution < 1.29 is 18.9 Å². The Morgan fingerprint density at radius 3 is 2.41 bits per heavy atom. The average molecular weight is 264 g/mol. The van der Waals surface area contributed by atoms with Gasteiger partial charge in [-0.3, -0.25) is 9.00 Å². The van der Waals surface area contributed by atoms with Crippen molar-refractivity contribution in [2.75, 3.05) is 18.6 Å². The van der Waals surface area contributed by atoms with Crippen molar-refractivity contribution in [1.29, 1.82) is 0 Å². The van der Waals surface area contributed by atoms with Crippen LogP contribution in [0.4, 0.5) is 4.79 Å². The van der Waals surface area contributed by atoms with Gasteiger partial charge in [0.1, 0.15) is 0 Å². The summed E-state index contributed by atoms with van der Waals surface area (Å²) in [5, 5.41) is 13.8. The summed E-state index contributed by atoms with van der Waals surface area (Å²) in [6.45, 7) is 3.85. The molecule has 0 aromatic rings. The van der Waals surface area contributed by atoms with Crippen molar-refractivity contribution in [3.8, 4) is 0 Å². The average Bonchev–Trinajstić information content (AvgIpc) is 2.13. The number of amides is 2. The van der Waals surface area contributed by atoms with Crippen LogP contribution in [-0.4, -0.2) is 45.4 Å². The Kier molecular flexibility index (Phi) is 6.79. The molecule has 0 fully saturated rings. The van der Waals surface area contributed by atoms with Gasteiger partial charge < -0.3 is 15.7 Å². The van der Waals surface area contributed by atoms with E-state index < -0.39 is 22.3 Å². The van der Waals surface area contributed by atoms with Gasteiger partial charge in [-0.2, -0.15) is 0 Å². The Morgan fingerprint density at radius 1 is 1.35 bits per heavy atom. The third-order valence-electron chi connectivity index (χ3n) is 2.09. The minimum absolute atomic E-state index is 0.00621. The molecule has 0 aromatic heterocycles. The number of carboxylic acid groups (broad SMARTS) is 1. The minimum atomic E-state index is -0.935. The molecule has 17 heavy (non-hydrogen) atoms. The summed E-state index contributed by atoms with van der Waals surface area (Å²) in [5.41, 5.74) is -0.576. The summed E-state index contributed by atoms with van der Waals surface area (Å²) in [6, 6.07) is -0.370. The monoisotopic (exact) mass is 264 g/mol. The van der Waals surface area contributed by atoms with Crippen LogP contribution in [0.3, 0.4) is 0 Å². The number of aliphatic carboxylic acids is 1. The van der Waals surface area contributed by atoms with Crippen molar-refractivity contribution in [3.05, 3.63) is 0 Å². The van der Waals surface area contributed by atoms with Crippen molar-refractivity contribution in [2.45, 2.75) is 32.2 Å². The number of carbonyl (C=O) groups is 2.